The number of aromatic nitrogens is 1. The minimum absolute atomic E-state index is 0.0767. The Bertz CT molecular complexity index is 1510. The Morgan fingerprint density at radius 3 is 2.58 bits per heavy atom. The van der Waals surface area contributed by atoms with E-state index < -0.39 is 5.95 Å². The molecule has 190 valence electrons. The number of halogens is 1. The Morgan fingerprint density at radius 2 is 1.79 bits per heavy atom. The first-order valence-corrected chi connectivity index (χ1v) is 13.1. The van der Waals surface area contributed by atoms with Gasteiger partial charge in [0, 0.05) is 24.7 Å². The van der Waals surface area contributed by atoms with Crippen LogP contribution in [0.25, 0.3) is 11.3 Å². The summed E-state index contributed by atoms with van der Waals surface area (Å²) in [5, 5.41) is 3.54. The van der Waals surface area contributed by atoms with E-state index in [1.807, 2.05) is 61.6 Å². The van der Waals surface area contributed by atoms with Crippen LogP contribution in [0.2, 0.25) is 0 Å². The molecule has 0 spiro atoms. The molecule has 1 saturated heterocycles. The van der Waals surface area contributed by atoms with Gasteiger partial charge in [-0.05, 0) is 49.1 Å². The van der Waals surface area contributed by atoms with Crippen LogP contribution in [0.15, 0.2) is 94.1 Å². The summed E-state index contributed by atoms with van der Waals surface area (Å²) < 4.78 is 13.6. The van der Waals surface area contributed by atoms with Crippen LogP contribution < -0.4 is 5.32 Å². The fourth-order valence-electron chi connectivity index (χ4n) is 6.02. The van der Waals surface area contributed by atoms with Crippen molar-refractivity contribution in [3.05, 3.63) is 95.6 Å². The van der Waals surface area contributed by atoms with E-state index in [-0.39, 0.29) is 24.0 Å². The highest BCUT2D eigenvalue weighted by molar-refractivity contribution is 6.33. The van der Waals surface area contributed by atoms with Crippen molar-refractivity contribution in [1.29, 1.82) is 0 Å². The van der Waals surface area contributed by atoms with Gasteiger partial charge in [-0.2, -0.15) is 4.39 Å². The molecule has 3 aromatic rings. The summed E-state index contributed by atoms with van der Waals surface area (Å²) in [6.07, 6.45) is 3.85. The van der Waals surface area contributed by atoms with Crippen LogP contribution in [0, 0.1) is 5.95 Å². The van der Waals surface area contributed by atoms with E-state index in [1.165, 1.54) is 6.07 Å². The highest BCUT2D eigenvalue weighted by atomic mass is 19.1. The number of fused-ring (bicyclic) bond motifs is 5. The Hall–Kier alpha value is -4.33. The molecule has 4 aliphatic rings. The topological polar surface area (TPSA) is 73.2 Å². The number of hydrogen-bond donors (Lipinski definition) is 1. The molecule has 1 unspecified atom stereocenters. The summed E-state index contributed by atoms with van der Waals surface area (Å²) in [5.41, 5.74) is 4.88. The molecular formula is C30H27FN6O. The lowest BCUT2D eigenvalue weighted by atomic mass is 9.99. The zero-order valence-electron chi connectivity index (χ0n) is 21.0. The lowest BCUT2D eigenvalue weighted by molar-refractivity contribution is -0.122. The Balaban J connectivity index is 1.26. The number of para-hydroxylation sites is 1. The fourth-order valence-corrected chi connectivity index (χ4v) is 6.02. The van der Waals surface area contributed by atoms with Crippen LogP contribution in [0.5, 0.6) is 0 Å². The number of nitrogens with one attached hydrogen (secondary N) is 1. The van der Waals surface area contributed by atoms with Crippen molar-refractivity contribution in [1.82, 2.24) is 14.8 Å². The minimum Gasteiger partial charge on any atom is -0.356 e. The third kappa shape index (κ3) is 3.70. The Labute approximate surface area is 220 Å². The summed E-state index contributed by atoms with van der Waals surface area (Å²) in [7, 11) is 1.81. The van der Waals surface area contributed by atoms with E-state index in [9.17, 15) is 9.18 Å². The average Bonchev–Trinajstić information content (AvgIpc) is 3.62. The van der Waals surface area contributed by atoms with Gasteiger partial charge in [0.25, 0.3) is 5.91 Å². The molecule has 4 heterocycles. The molecule has 1 N–H and O–H groups in total. The van der Waals surface area contributed by atoms with Crippen molar-refractivity contribution in [2.45, 2.75) is 43.8 Å². The van der Waals surface area contributed by atoms with Gasteiger partial charge in [-0.1, -0.05) is 48.5 Å². The van der Waals surface area contributed by atoms with Gasteiger partial charge in [0.15, 0.2) is 0 Å². The molecule has 2 aromatic carbocycles. The van der Waals surface area contributed by atoms with Crippen LogP contribution in [0.4, 0.5) is 10.1 Å². The number of amidine groups is 1. The molecule has 1 aromatic heterocycles. The van der Waals surface area contributed by atoms with Gasteiger partial charge >= 0.3 is 0 Å². The molecule has 3 aliphatic heterocycles. The van der Waals surface area contributed by atoms with Gasteiger partial charge in [0.2, 0.25) is 11.9 Å². The molecule has 8 heteroatoms. The third-order valence-corrected chi connectivity index (χ3v) is 7.87. The van der Waals surface area contributed by atoms with Crippen molar-refractivity contribution in [3.8, 4) is 11.3 Å². The standard InChI is InChI=1S/C30H27FN6O/c1-36-29(38)26-27(32-20-7-3-2-4-8-20)23(34-28(26)37-24-11-5-10-22(24)35-30(36)37)17-18-13-15-19(16-14-18)21-9-6-12-25(31)33-21/h2-4,6-9,12-16,22-24,32H,5,10-11,17H2,1H3/t22-,23?,24+/m1/s1. The SMILES string of the molecule is CN1C(=O)C2=C(Nc3ccccc3)C(Cc3ccc(-c4cccc(F)n4)cc3)N=C2N2C1=N[C@@H]1CCC[C@@H]12. The number of benzene rings is 2. The Kier molecular flexibility index (Phi) is 5.35. The maximum atomic E-state index is 13.7. The first-order chi connectivity index (χ1) is 18.6. The molecule has 7 rings (SSSR count). The van der Waals surface area contributed by atoms with Crippen LogP contribution >= 0.6 is 0 Å². The maximum absolute atomic E-state index is 13.7. The molecule has 0 bridgehead atoms. The maximum Gasteiger partial charge on any atom is 0.265 e. The molecular weight excluding hydrogens is 479 g/mol. The number of amides is 1. The van der Waals surface area contributed by atoms with Gasteiger partial charge in [0.1, 0.15) is 11.4 Å². The molecule has 1 saturated carbocycles. The van der Waals surface area contributed by atoms with E-state index in [2.05, 4.69) is 15.2 Å². The van der Waals surface area contributed by atoms with Crippen molar-refractivity contribution >= 4 is 23.4 Å². The zero-order chi connectivity index (χ0) is 25.8. The van der Waals surface area contributed by atoms with E-state index in [0.29, 0.717) is 17.7 Å². The third-order valence-electron chi connectivity index (χ3n) is 7.87. The number of anilines is 1. The quantitative estimate of drug-likeness (QED) is 0.512. The van der Waals surface area contributed by atoms with Crippen molar-refractivity contribution in [2.24, 2.45) is 9.98 Å². The van der Waals surface area contributed by atoms with Crippen molar-refractivity contribution < 1.29 is 9.18 Å². The lowest BCUT2D eigenvalue weighted by Gasteiger charge is -2.36. The number of likely N-dealkylation sites (N-methyl/N-ethyl adjacent to an activating group) is 1. The second-order valence-corrected chi connectivity index (χ2v) is 10.2. The Morgan fingerprint density at radius 1 is 0.974 bits per heavy atom. The van der Waals surface area contributed by atoms with Crippen molar-refractivity contribution in [2.75, 3.05) is 12.4 Å². The first kappa shape index (κ1) is 22.8. The van der Waals surface area contributed by atoms with Gasteiger partial charge < -0.3 is 5.32 Å². The summed E-state index contributed by atoms with van der Waals surface area (Å²) in [6, 6.07) is 22.9. The normalized spacial score (nSPS) is 23.7. The van der Waals surface area contributed by atoms with Crippen LogP contribution in [-0.4, -0.2) is 57.7 Å². The predicted octanol–water partition coefficient (Wildman–Crippen LogP) is 4.64. The predicted molar refractivity (Wildman–Crippen MR) is 145 cm³/mol. The van der Waals surface area contributed by atoms with Crippen LogP contribution in [0.1, 0.15) is 24.8 Å². The number of nitrogens with zero attached hydrogens (tertiary/aromatic N) is 5. The van der Waals surface area contributed by atoms with Crippen molar-refractivity contribution in [3.63, 3.8) is 0 Å². The largest absolute Gasteiger partial charge is 0.356 e. The van der Waals surface area contributed by atoms with Gasteiger partial charge in [-0.25, -0.2) is 9.98 Å². The molecule has 1 aliphatic carbocycles. The summed E-state index contributed by atoms with van der Waals surface area (Å²) in [6.45, 7) is 0. The number of carbonyl (C=O) groups is 1. The summed E-state index contributed by atoms with van der Waals surface area (Å²) in [4.78, 5) is 31.7. The molecule has 0 radical (unpaired) electrons. The van der Waals surface area contributed by atoms with Crippen LogP contribution in [-0.2, 0) is 11.2 Å². The molecule has 38 heavy (non-hydrogen) atoms. The van der Waals surface area contributed by atoms with E-state index in [0.717, 1.165) is 53.6 Å². The lowest BCUT2D eigenvalue weighted by Crippen LogP contribution is -2.56. The fraction of sp³-hybridized carbons (Fsp3) is 0.267. The van der Waals surface area contributed by atoms with E-state index >= 15 is 0 Å². The summed E-state index contributed by atoms with van der Waals surface area (Å²) in [5.74, 6) is 0.888. The van der Waals surface area contributed by atoms with Gasteiger partial charge in [0.05, 0.1) is 29.5 Å². The van der Waals surface area contributed by atoms with E-state index in [1.54, 1.807) is 17.0 Å². The summed E-state index contributed by atoms with van der Waals surface area (Å²) >= 11 is 0. The molecule has 1 amide bonds. The number of rotatable bonds is 5. The second-order valence-electron chi connectivity index (χ2n) is 10.2. The highest BCUT2D eigenvalue weighted by Crippen LogP contribution is 2.40. The number of guanidine groups is 1. The number of aliphatic imine (C=N–C) groups is 2. The minimum atomic E-state index is -0.497. The monoisotopic (exact) mass is 506 g/mol. The average molecular weight is 507 g/mol. The van der Waals surface area contributed by atoms with Gasteiger partial charge in [-0.3, -0.25) is 19.6 Å². The van der Waals surface area contributed by atoms with E-state index in [4.69, 9.17) is 9.98 Å². The number of carbonyl (C=O) groups excluding carboxylic acids is 1. The second kappa shape index (κ2) is 8.90. The molecule has 2 fully saturated rings. The highest BCUT2D eigenvalue weighted by Gasteiger charge is 2.52. The number of pyridine rings is 1. The van der Waals surface area contributed by atoms with Gasteiger partial charge in [-0.15, -0.1) is 0 Å². The van der Waals surface area contributed by atoms with Crippen LogP contribution in [0.3, 0.4) is 0 Å². The molecule has 3 atom stereocenters. The zero-order valence-corrected chi connectivity index (χ0v) is 21.0. The smallest absolute Gasteiger partial charge is 0.265 e. The number of hydrogen-bond acceptors (Lipinski definition) is 6. The molecule has 7 nitrogen and oxygen atoms in total. The first-order valence-electron chi connectivity index (χ1n) is 13.1.